The number of hydrogen-bond acceptors (Lipinski definition) is 7. The van der Waals surface area contributed by atoms with Gasteiger partial charge in [0.2, 0.25) is 15.9 Å². The number of ether oxygens (including phenoxy) is 2. The van der Waals surface area contributed by atoms with Crippen LogP contribution < -0.4 is 15.0 Å². The third-order valence-electron chi connectivity index (χ3n) is 4.89. The molecule has 1 saturated heterocycles. The highest BCUT2D eigenvalue weighted by molar-refractivity contribution is 7.88. The largest absolute Gasteiger partial charge is 0.493 e. The number of nitrogens with zero attached hydrogens (tertiary/aromatic N) is 4. The third kappa shape index (κ3) is 4.79. The zero-order chi connectivity index (χ0) is 21.9. The summed E-state index contributed by atoms with van der Waals surface area (Å²) in [7, 11) is -0.214. The molecule has 30 heavy (non-hydrogen) atoms. The fourth-order valence-electron chi connectivity index (χ4n) is 3.21. The normalized spacial score (nSPS) is 15.1. The molecule has 162 valence electrons. The van der Waals surface area contributed by atoms with Crippen molar-refractivity contribution in [1.82, 2.24) is 19.0 Å². The van der Waals surface area contributed by atoms with Gasteiger partial charge in [0.25, 0.3) is 5.56 Å². The molecule has 1 aromatic carbocycles. The van der Waals surface area contributed by atoms with Crippen molar-refractivity contribution in [3.63, 3.8) is 0 Å². The Balaban J connectivity index is 1.76. The lowest BCUT2D eigenvalue weighted by molar-refractivity contribution is -0.133. The molecule has 0 unspecified atom stereocenters. The van der Waals surface area contributed by atoms with Gasteiger partial charge < -0.3 is 14.4 Å². The van der Waals surface area contributed by atoms with Crippen LogP contribution in [0.5, 0.6) is 11.5 Å². The summed E-state index contributed by atoms with van der Waals surface area (Å²) in [4.78, 5) is 26.4. The highest BCUT2D eigenvalue weighted by atomic mass is 32.2. The van der Waals surface area contributed by atoms with Gasteiger partial charge in [-0.1, -0.05) is 0 Å². The highest BCUT2D eigenvalue weighted by Crippen LogP contribution is 2.31. The summed E-state index contributed by atoms with van der Waals surface area (Å²) >= 11 is 0. The summed E-state index contributed by atoms with van der Waals surface area (Å²) in [5.41, 5.74) is 0.809. The molecule has 0 bridgehead atoms. The molecule has 1 fully saturated rings. The van der Waals surface area contributed by atoms with Gasteiger partial charge in [0.1, 0.15) is 6.54 Å². The number of amides is 1. The Morgan fingerprint density at radius 3 is 2.30 bits per heavy atom. The Kier molecular flexibility index (Phi) is 6.42. The number of rotatable bonds is 6. The molecule has 0 N–H and O–H groups in total. The first-order valence-corrected chi connectivity index (χ1v) is 11.1. The maximum Gasteiger partial charge on any atom is 0.267 e. The van der Waals surface area contributed by atoms with Crippen LogP contribution in [0.4, 0.5) is 0 Å². The maximum absolute atomic E-state index is 12.6. The van der Waals surface area contributed by atoms with Gasteiger partial charge in [0, 0.05) is 37.8 Å². The number of piperazine rings is 1. The van der Waals surface area contributed by atoms with Crippen LogP contribution in [0, 0.1) is 0 Å². The van der Waals surface area contributed by atoms with Gasteiger partial charge in [0.15, 0.2) is 11.5 Å². The quantitative estimate of drug-likeness (QED) is 0.628. The van der Waals surface area contributed by atoms with Crippen LogP contribution in [-0.2, 0) is 21.4 Å². The zero-order valence-corrected chi connectivity index (χ0v) is 17.9. The number of benzene rings is 1. The second-order valence-electron chi connectivity index (χ2n) is 6.83. The number of sulfonamides is 1. The van der Waals surface area contributed by atoms with Crippen molar-refractivity contribution in [2.24, 2.45) is 0 Å². The zero-order valence-electron chi connectivity index (χ0n) is 17.1. The summed E-state index contributed by atoms with van der Waals surface area (Å²) in [6.07, 6.45) is 1.15. The minimum Gasteiger partial charge on any atom is -0.493 e. The fourth-order valence-corrected chi connectivity index (χ4v) is 4.04. The second kappa shape index (κ2) is 8.84. The molecule has 1 amide bonds. The van der Waals surface area contributed by atoms with Gasteiger partial charge in [-0.2, -0.15) is 9.40 Å². The molecular weight excluding hydrogens is 412 g/mol. The van der Waals surface area contributed by atoms with E-state index in [1.54, 1.807) is 29.2 Å². The Morgan fingerprint density at radius 1 is 1.03 bits per heavy atom. The molecule has 0 spiro atoms. The lowest BCUT2D eigenvalue weighted by atomic mass is 10.1. The minimum atomic E-state index is -3.28. The van der Waals surface area contributed by atoms with Crippen LogP contribution in [0.2, 0.25) is 0 Å². The van der Waals surface area contributed by atoms with Crippen LogP contribution in [0.1, 0.15) is 0 Å². The van der Waals surface area contributed by atoms with Gasteiger partial charge in [-0.3, -0.25) is 9.59 Å². The van der Waals surface area contributed by atoms with E-state index in [1.165, 1.54) is 24.6 Å². The van der Waals surface area contributed by atoms with Gasteiger partial charge in [-0.25, -0.2) is 13.1 Å². The average Bonchev–Trinajstić information content (AvgIpc) is 2.74. The monoisotopic (exact) mass is 436 g/mol. The lowest BCUT2D eigenvalue weighted by Gasteiger charge is -2.33. The van der Waals surface area contributed by atoms with Crippen molar-refractivity contribution >= 4 is 15.9 Å². The average molecular weight is 436 g/mol. The molecule has 0 aliphatic carbocycles. The molecule has 11 heteroatoms. The van der Waals surface area contributed by atoms with Crippen molar-refractivity contribution in [3.05, 3.63) is 40.7 Å². The molecule has 10 nitrogen and oxygen atoms in total. The first-order chi connectivity index (χ1) is 14.2. The molecule has 0 radical (unpaired) electrons. The molecule has 0 atom stereocenters. The SMILES string of the molecule is COc1ccc(-c2ccc(=O)n(CC(=O)N3CCN(S(C)(=O)=O)CC3)n2)cc1OC. The smallest absolute Gasteiger partial charge is 0.267 e. The van der Waals surface area contributed by atoms with Crippen molar-refractivity contribution in [2.45, 2.75) is 6.54 Å². The second-order valence-corrected chi connectivity index (χ2v) is 8.81. The minimum absolute atomic E-state index is 0.223. The Hall–Kier alpha value is -2.92. The predicted molar refractivity (Wildman–Crippen MR) is 110 cm³/mol. The number of hydrogen-bond donors (Lipinski definition) is 0. The topological polar surface area (TPSA) is 111 Å². The first kappa shape index (κ1) is 21.8. The summed E-state index contributed by atoms with van der Waals surface area (Å²) in [6, 6.07) is 8.19. The molecule has 2 aromatic rings. The molecule has 0 saturated carbocycles. The van der Waals surface area contributed by atoms with E-state index in [0.29, 0.717) is 22.8 Å². The Labute approximate surface area is 174 Å². The van der Waals surface area contributed by atoms with E-state index in [1.807, 2.05) is 0 Å². The van der Waals surface area contributed by atoms with Gasteiger partial charge in [-0.15, -0.1) is 0 Å². The van der Waals surface area contributed by atoms with Crippen molar-refractivity contribution in [1.29, 1.82) is 0 Å². The summed E-state index contributed by atoms with van der Waals surface area (Å²) in [6.45, 7) is 0.794. The fraction of sp³-hybridized carbons (Fsp3) is 0.421. The number of methoxy groups -OCH3 is 2. The van der Waals surface area contributed by atoms with E-state index in [4.69, 9.17) is 9.47 Å². The van der Waals surface area contributed by atoms with E-state index in [9.17, 15) is 18.0 Å². The Morgan fingerprint density at radius 2 is 1.70 bits per heavy atom. The lowest BCUT2D eigenvalue weighted by Crippen LogP contribution is -2.51. The number of carbonyl (C=O) groups excluding carboxylic acids is 1. The van der Waals surface area contributed by atoms with Crippen LogP contribution >= 0.6 is 0 Å². The highest BCUT2D eigenvalue weighted by Gasteiger charge is 2.26. The standard InChI is InChI=1S/C19H24N4O6S/c1-28-16-6-4-14(12-17(16)29-2)15-5-7-18(24)23(20-15)13-19(25)21-8-10-22(11-9-21)30(3,26)27/h4-7,12H,8-11,13H2,1-3H3. The molecule has 1 aliphatic rings. The van der Waals surface area contributed by atoms with Crippen LogP contribution in [0.3, 0.4) is 0 Å². The molecule has 2 heterocycles. The van der Waals surface area contributed by atoms with E-state index >= 15 is 0 Å². The van der Waals surface area contributed by atoms with Gasteiger partial charge >= 0.3 is 0 Å². The van der Waals surface area contributed by atoms with Crippen molar-refractivity contribution < 1.29 is 22.7 Å². The molecule has 1 aliphatic heterocycles. The maximum atomic E-state index is 12.6. The number of carbonyl (C=O) groups is 1. The van der Waals surface area contributed by atoms with E-state index in [2.05, 4.69) is 5.10 Å². The first-order valence-electron chi connectivity index (χ1n) is 9.26. The molecule has 1 aromatic heterocycles. The summed E-state index contributed by atoms with van der Waals surface area (Å²) in [5.74, 6) is 0.801. The Bertz CT molecular complexity index is 1090. The van der Waals surface area contributed by atoms with E-state index < -0.39 is 15.6 Å². The van der Waals surface area contributed by atoms with E-state index in [-0.39, 0.29) is 38.6 Å². The van der Waals surface area contributed by atoms with E-state index in [0.717, 1.165) is 10.9 Å². The third-order valence-corrected chi connectivity index (χ3v) is 6.19. The predicted octanol–water partition coefficient (Wildman–Crippen LogP) is 0.0313. The van der Waals surface area contributed by atoms with Crippen molar-refractivity contribution in [3.8, 4) is 22.8 Å². The summed E-state index contributed by atoms with van der Waals surface area (Å²) in [5, 5.41) is 4.32. The molecular formula is C19H24N4O6S. The number of aromatic nitrogens is 2. The van der Waals surface area contributed by atoms with Crippen LogP contribution in [0.15, 0.2) is 35.1 Å². The van der Waals surface area contributed by atoms with Gasteiger partial charge in [0.05, 0.1) is 26.2 Å². The van der Waals surface area contributed by atoms with Crippen LogP contribution in [0.25, 0.3) is 11.3 Å². The molecule has 3 rings (SSSR count). The van der Waals surface area contributed by atoms with Crippen molar-refractivity contribution in [2.75, 3.05) is 46.7 Å². The van der Waals surface area contributed by atoms with Gasteiger partial charge in [-0.05, 0) is 24.3 Å². The summed E-state index contributed by atoms with van der Waals surface area (Å²) < 4.78 is 36.2. The van der Waals surface area contributed by atoms with Crippen LogP contribution in [-0.4, -0.2) is 80.0 Å².